The Morgan fingerprint density at radius 1 is 0.971 bits per heavy atom. The van der Waals surface area contributed by atoms with Crippen LogP contribution < -0.4 is 19.1 Å². The molecule has 0 fully saturated rings. The smallest absolute Gasteiger partial charge is 0.251 e. The average molecular weight is 521 g/mol. The third-order valence-corrected chi connectivity index (χ3v) is 6.70. The van der Waals surface area contributed by atoms with Gasteiger partial charge in [-0.25, -0.2) is 12.8 Å². The van der Waals surface area contributed by atoms with E-state index >= 15 is 0 Å². The first kappa shape index (κ1) is 26.3. The van der Waals surface area contributed by atoms with Crippen LogP contribution in [0.2, 0.25) is 5.02 Å². The highest BCUT2D eigenvalue weighted by molar-refractivity contribution is 7.92. The number of sulfonamides is 1. The van der Waals surface area contributed by atoms with E-state index in [0.717, 1.165) is 11.8 Å². The molecule has 0 heterocycles. The first-order valence-electron chi connectivity index (χ1n) is 10.6. The molecule has 0 saturated carbocycles. The van der Waals surface area contributed by atoms with Crippen LogP contribution in [0.4, 0.5) is 10.1 Å². The summed E-state index contributed by atoms with van der Waals surface area (Å²) >= 11 is 6.16. The zero-order valence-corrected chi connectivity index (χ0v) is 21.1. The lowest BCUT2D eigenvalue weighted by Gasteiger charge is -2.25. The van der Waals surface area contributed by atoms with Crippen molar-refractivity contribution in [2.75, 3.05) is 31.3 Å². The van der Waals surface area contributed by atoms with E-state index in [1.807, 2.05) is 0 Å². The number of halogens is 2. The van der Waals surface area contributed by atoms with Crippen LogP contribution in [-0.2, 0) is 23.0 Å². The summed E-state index contributed by atoms with van der Waals surface area (Å²) in [6.45, 7) is 0.402. The van der Waals surface area contributed by atoms with Crippen molar-refractivity contribution in [3.05, 3.63) is 88.2 Å². The first-order chi connectivity index (χ1) is 16.6. The lowest BCUT2D eigenvalue weighted by Crippen LogP contribution is -2.30. The number of methoxy groups -OCH3 is 2. The minimum absolute atomic E-state index is 0.00639. The molecule has 1 amide bonds. The van der Waals surface area contributed by atoms with Crippen LogP contribution in [0.15, 0.2) is 60.7 Å². The predicted molar refractivity (Wildman–Crippen MR) is 134 cm³/mol. The van der Waals surface area contributed by atoms with Crippen LogP contribution in [0.5, 0.6) is 11.5 Å². The second kappa shape index (κ2) is 11.4. The Labute approximate surface area is 209 Å². The average Bonchev–Trinajstić information content (AvgIpc) is 2.83. The molecule has 0 aliphatic rings. The van der Waals surface area contributed by atoms with Crippen molar-refractivity contribution in [2.24, 2.45) is 0 Å². The summed E-state index contributed by atoms with van der Waals surface area (Å²) in [5, 5.41) is 3.11. The largest absolute Gasteiger partial charge is 0.495 e. The molecule has 3 aromatic carbocycles. The number of hydrogen-bond donors (Lipinski definition) is 1. The lowest BCUT2D eigenvalue weighted by molar-refractivity contribution is 0.0954. The van der Waals surface area contributed by atoms with Gasteiger partial charge in [-0.1, -0.05) is 35.9 Å². The maximum Gasteiger partial charge on any atom is 0.251 e. The Morgan fingerprint density at radius 3 is 2.14 bits per heavy atom. The van der Waals surface area contributed by atoms with Crippen LogP contribution in [-0.4, -0.2) is 41.3 Å². The van der Waals surface area contributed by atoms with Gasteiger partial charge in [0.1, 0.15) is 17.3 Å². The van der Waals surface area contributed by atoms with E-state index < -0.39 is 10.0 Å². The van der Waals surface area contributed by atoms with Crippen molar-refractivity contribution in [1.29, 1.82) is 0 Å². The van der Waals surface area contributed by atoms with Gasteiger partial charge in [-0.15, -0.1) is 0 Å². The van der Waals surface area contributed by atoms with E-state index in [0.29, 0.717) is 29.8 Å². The number of nitrogens with zero attached hydrogens (tertiary/aromatic N) is 1. The molecular formula is C25H26ClFN2O5S. The molecule has 0 spiro atoms. The quantitative estimate of drug-likeness (QED) is 0.427. The van der Waals surface area contributed by atoms with Crippen LogP contribution in [0.1, 0.15) is 21.5 Å². The number of nitrogens with one attached hydrogen (secondary N) is 1. The third kappa shape index (κ3) is 6.86. The predicted octanol–water partition coefficient (Wildman–Crippen LogP) is 4.44. The van der Waals surface area contributed by atoms with E-state index in [1.54, 1.807) is 36.4 Å². The van der Waals surface area contributed by atoms with Crippen molar-refractivity contribution in [3.63, 3.8) is 0 Å². The summed E-state index contributed by atoms with van der Waals surface area (Å²) in [7, 11) is -0.844. The highest BCUT2D eigenvalue weighted by Crippen LogP contribution is 2.39. The molecule has 0 aliphatic carbocycles. The summed E-state index contributed by atoms with van der Waals surface area (Å²) in [4.78, 5) is 12.5. The van der Waals surface area contributed by atoms with E-state index in [1.165, 1.54) is 42.8 Å². The minimum atomic E-state index is -3.70. The van der Waals surface area contributed by atoms with E-state index in [9.17, 15) is 17.6 Å². The molecule has 0 aliphatic heterocycles. The molecule has 0 bridgehead atoms. The fraction of sp³-hybridized carbons (Fsp3) is 0.240. The molecule has 186 valence electrons. The second-order valence-corrected chi connectivity index (χ2v) is 10.1. The topological polar surface area (TPSA) is 84.9 Å². The standard InChI is InChI=1S/C25H26ClFN2O5S/c1-33-23-15-22(24(34-2)14-21(23)26)29(35(3,31)32)16-18-4-8-19(9-5-18)25(30)28-13-12-17-6-10-20(27)11-7-17/h4-11,14-15H,12-13,16H2,1-3H3,(H,28,30). The molecule has 7 nitrogen and oxygen atoms in total. The summed E-state index contributed by atoms with van der Waals surface area (Å²) < 4.78 is 50.0. The Hall–Kier alpha value is -3.30. The number of carbonyl (C=O) groups excluding carboxylic acids is 1. The first-order valence-corrected chi connectivity index (χ1v) is 12.9. The van der Waals surface area contributed by atoms with Gasteiger partial charge in [0.2, 0.25) is 10.0 Å². The third-order valence-electron chi connectivity index (χ3n) is 5.28. The molecule has 0 radical (unpaired) electrons. The SMILES string of the molecule is COc1cc(N(Cc2ccc(C(=O)NCCc3ccc(F)cc3)cc2)S(C)(=O)=O)c(OC)cc1Cl. The van der Waals surface area contributed by atoms with Gasteiger partial charge in [0.05, 0.1) is 37.7 Å². The fourth-order valence-electron chi connectivity index (χ4n) is 3.42. The van der Waals surface area contributed by atoms with Gasteiger partial charge in [0.25, 0.3) is 5.91 Å². The molecular weight excluding hydrogens is 495 g/mol. The highest BCUT2D eigenvalue weighted by Gasteiger charge is 2.24. The zero-order chi connectivity index (χ0) is 25.6. The van der Waals surface area contributed by atoms with E-state index in [2.05, 4.69) is 5.32 Å². The van der Waals surface area contributed by atoms with E-state index in [-0.39, 0.29) is 34.7 Å². The molecule has 3 rings (SSSR count). The Bertz CT molecular complexity index is 1280. The Morgan fingerprint density at radius 2 is 1.57 bits per heavy atom. The molecule has 0 aromatic heterocycles. The van der Waals surface area contributed by atoms with Gasteiger partial charge in [-0.2, -0.15) is 0 Å². The normalized spacial score (nSPS) is 11.1. The number of ether oxygens (including phenoxy) is 2. The highest BCUT2D eigenvalue weighted by atomic mass is 35.5. The number of carbonyl (C=O) groups is 1. The van der Waals surface area contributed by atoms with Crippen LogP contribution in [0.3, 0.4) is 0 Å². The van der Waals surface area contributed by atoms with Crippen molar-refractivity contribution in [3.8, 4) is 11.5 Å². The van der Waals surface area contributed by atoms with Crippen molar-refractivity contribution in [2.45, 2.75) is 13.0 Å². The molecule has 1 N–H and O–H groups in total. The zero-order valence-electron chi connectivity index (χ0n) is 19.5. The summed E-state index contributed by atoms with van der Waals surface area (Å²) in [6.07, 6.45) is 1.66. The van der Waals surface area contributed by atoms with Gasteiger partial charge < -0.3 is 14.8 Å². The van der Waals surface area contributed by atoms with Crippen LogP contribution >= 0.6 is 11.6 Å². The van der Waals surface area contributed by atoms with Gasteiger partial charge >= 0.3 is 0 Å². The van der Waals surface area contributed by atoms with Crippen molar-refractivity contribution < 1.29 is 27.1 Å². The molecule has 10 heteroatoms. The number of amides is 1. The van der Waals surface area contributed by atoms with Crippen molar-refractivity contribution in [1.82, 2.24) is 5.32 Å². The van der Waals surface area contributed by atoms with Crippen LogP contribution in [0, 0.1) is 5.82 Å². The second-order valence-electron chi connectivity index (χ2n) is 7.76. The van der Waals surface area contributed by atoms with E-state index in [4.69, 9.17) is 21.1 Å². The van der Waals surface area contributed by atoms with Gasteiger partial charge in [-0.3, -0.25) is 9.10 Å². The molecule has 0 atom stereocenters. The number of hydrogen-bond acceptors (Lipinski definition) is 5. The Balaban J connectivity index is 1.73. The summed E-state index contributed by atoms with van der Waals surface area (Å²) in [5.41, 5.74) is 2.29. The van der Waals surface area contributed by atoms with Gasteiger partial charge in [0, 0.05) is 24.2 Å². The number of rotatable bonds is 10. The maximum absolute atomic E-state index is 13.0. The molecule has 3 aromatic rings. The van der Waals surface area contributed by atoms with Gasteiger partial charge in [0.15, 0.2) is 0 Å². The molecule has 0 unspecified atom stereocenters. The summed E-state index contributed by atoms with van der Waals surface area (Å²) in [5.74, 6) is 0.0193. The van der Waals surface area contributed by atoms with Gasteiger partial charge in [-0.05, 0) is 41.8 Å². The summed E-state index contributed by atoms with van der Waals surface area (Å²) in [6, 6.07) is 15.7. The fourth-order valence-corrected chi connectivity index (χ4v) is 4.54. The molecule has 35 heavy (non-hydrogen) atoms. The minimum Gasteiger partial charge on any atom is -0.495 e. The Kier molecular flexibility index (Phi) is 8.58. The monoisotopic (exact) mass is 520 g/mol. The number of benzene rings is 3. The molecule has 0 saturated heterocycles. The number of anilines is 1. The maximum atomic E-state index is 13.0. The van der Waals surface area contributed by atoms with Crippen molar-refractivity contribution >= 4 is 33.2 Å². The lowest BCUT2D eigenvalue weighted by atomic mass is 10.1. The van der Waals surface area contributed by atoms with Crippen LogP contribution in [0.25, 0.3) is 0 Å².